The second-order valence-corrected chi connectivity index (χ2v) is 7.35. The number of aromatic nitrogens is 4. The largest absolute Gasteiger partial charge is 0.285 e. The summed E-state index contributed by atoms with van der Waals surface area (Å²) in [5.41, 5.74) is 1.28. The average molecular weight is 349 g/mol. The van der Waals surface area contributed by atoms with Gasteiger partial charge in [0.25, 0.3) is 10.0 Å². The minimum atomic E-state index is -3.81. The Kier molecular flexibility index (Phi) is 4.14. The van der Waals surface area contributed by atoms with Crippen molar-refractivity contribution < 1.29 is 8.42 Å². The molecular formula is C14H15N5O2S2. The summed E-state index contributed by atoms with van der Waals surface area (Å²) in [5, 5.41) is 7.89. The lowest BCUT2D eigenvalue weighted by molar-refractivity contribution is 0.588. The summed E-state index contributed by atoms with van der Waals surface area (Å²) in [6.45, 7) is 2.05. The number of sulfonamides is 1. The van der Waals surface area contributed by atoms with Crippen molar-refractivity contribution in [2.24, 2.45) is 7.05 Å². The molecule has 0 saturated carbocycles. The molecule has 3 aromatic rings. The van der Waals surface area contributed by atoms with E-state index in [2.05, 4.69) is 14.7 Å². The van der Waals surface area contributed by atoms with E-state index in [1.165, 1.54) is 10.5 Å². The van der Waals surface area contributed by atoms with E-state index in [9.17, 15) is 8.42 Å². The van der Waals surface area contributed by atoms with E-state index in [1.807, 2.05) is 30.3 Å². The van der Waals surface area contributed by atoms with E-state index in [-0.39, 0.29) is 11.6 Å². The van der Waals surface area contributed by atoms with E-state index in [1.54, 1.807) is 24.9 Å². The molecule has 0 saturated heterocycles. The van der Waals surface area contributed by atoms with E-state index in [4.69, 9.17) is 0 Å². The number of benzene rings is 1. The van der Waals surface area contributed by atoms with Gasteiger partial charge in [-0.25, -0.2) is 0 Å². The van der Waals surface area contributed by atoms with Crippen molar-refractivity contribution in [2.45, 2.75) is 11.9 Å². The van der Waals surface area contributed by atoms with Gasteiger partial charge in [0.15, 0.2) is 0 Å². The second-order valence-electron chi connectivity index (χ2n) is 4.82. The Morgan fingerprint density at radius 1 is 1.26 bits per heavy atom. The van der Waals surface area contributed by atoms with Crippen molar-refractivity contribution in [3.63, 3.8) is 0 Å². The van der Waals surface area contributed by atoms with Gasteiger partial charge in [-0.3, -0.25) is 8.99 Å². The molecule has 0 radical (unpaired) electrons. The molecular weight excluding hydrogens is 334 g/mol. The maximum absolute atomic E-state index is 13.0. The van der Waals surface area contributed by atoms with Crippen LogP contribution >= 0.6 is 11.5 Å². The van der Waals surface area contributed by atoms with Crippen molar-refractivity contribution in [2.75, 3.05) is 10.8 Å². The summed E-state index contributed by atoms with van der Waals surface area (Å²) in [4.78, 5) is 0.535. The number of anilines is 1. The summed E-state index contributed by atoms with van der Waals surface area (Å²) < 4.78 is 32.7. The van der Waals surface area contributed by atoms with Crippen LogP contribution in [0.5, 0.6) is 0 Å². The van der Waals surface area contributed by atoms with Crippen LogP contribution in [-0.4, -0.2) is 34.3 Å². The van der Waals surface area contributed by atoms with Gasteiger partial charge in [-0.05, 0) is 24.0 Å². The lowest BCUT2D eigenvalue weighted by Gasteiger charge is -2.19. The fourth-order valence-corrected chi connectivity index (χ4v) is 4.71. The van der Waals surface area contributed by atoms with Crippen LogP contribution in [-0.2, 0) is 17.1 Å². The first-order valence-corrected chi connectivity index (χ1v) is 9.14. The molecule has 2 heterocycles. The highest BCUT2D eigenvalue weighted by Crippen LogP contribution is 2.32. The molecule has 7 nitrogen and oxygen atoms in total. The van der Waals surface area contributed by atoms with Gasteiger partial charge in [0.2, 0.25) is 5.03 Å². The molecule has 0 atom stereocenters. The minimum absolute atomic E-state index is 0.0283. The zero-order chi connectivity index (χ0) is 16.4. The summed E-state index contributed by atoms with van der Waals surface area (Å²) in [6.07, 6.45) is 3.17. The molecule has 0 amide bonds. The highest BCUT2D eigenvalue weighted by Gasteiger charge is 2.31. The first-order chi connectivity index (χ1) is 11.0. The van der Waals surface area contributed by atoms with Crippen molar-refractivity contribution in [3.05, 3.63) is 42.7 Å². The molecule has 0 aliphatic heterocycles. The van der Waals surface area contributed by atoms with Gasteiger partial charge >= 0.3 is 0 Å². The molecule has 2 aromatic heterocycles. The number of hydrogen-bond acceptors (Lipinski definition) is 6. The normalized spacial score (nSPS) is 11.6. The molecule has 0 spiro atoms. The van der Waals surface area contributed by atoms with E-state index in [0.29, 0.717) is 10.6 Å². The lowest BCUT2D eigenvalue weighted by Crippen LogP contribution is -2.31. The third-order valence-corrected chi connectivity index (χ3v) is 6.02. The summed E-state index contributed by atoms with van der Waals surface area (Å²) in [6, 6.07) is 9.26. The molecule has 0 aliphatic carbocycles. The van der Waals surface area contributed by atoms with Crippen LogP contribution in [0.3, 0.4) is 0 Å². The van der Waals surface area contributed by atoms with Gasteiger partial charge in [0.1, 0.15) is 0 Å². The number of aryl methyl sites for hydroxylation is 1. The van der Waals surface area contributed by atoms with Gasteiger partial charge in [0.05, 0.1) is 16.8 Å². The van der Waals surface area contributed by atoms with Crippen LogP contribution < -0.4 is 4.31 Å². The Balaban J connectivity index is 2.09. The van der Waals surface area contributed by atoms with E-state index in [0.717, 1.165) is 17.1 Å². The molecule has 120 valence electrons. The van der Waals surface area contributed by atoms with Crippen LogP contribution in [0, 0.1) is 0 Å². The average Bonchev–Trinajstić information content (AvgIpc) is 3.18. The SMILES string of the molecule is CCN(c1cnn(C)c1)S(=O)(=O)c1nnsc1-c1ccccc1. The zero-order valence-corrected chi connectivity index (χ0v) is 14.3. The highest BCUT2D eigenvalue weighted by molar-refractivity contribution is 7.93. The third kappa shape index (κ3) is 2.84. The summed E-state index contributed by atoms with van der Waals surface area (Å²) >= 11 is 1.07. The third-order valence-electron chi connectivity index (χ3n) is 3.29. The molecule has 0 N–H and O–H groups in total. The molecule has 23 heavy (non-hydrogen) atoms. The van der Waals surface area contributed by atoms with Gasteiger partial charge in [-0.1, -0.05) is 34.8 Å². The quantitative estimate of drug-likeness (QED) is 0.705. The molecule has 9 heteroatoms. The monoisotopic (exact) mass is 349 g/mol. The lowest BCUT2D eigenvalue weighted by atomic mass is 10.2. The first kappa shape index (κ1) is 15.6. The van der Waals surface area contributed by atoms with E-state index < -0.39 is 10.0 Å². The van der Waals surface area contributed by atoms with Crippen molar-refractivity contribution in [3.8, 4) is 10.4 Å². The summed E-state index contributed by atoms with van der Waals surface area (Å²) in [5.74, 6) is 0. The van der Waals surface area contributed by atoms with Gasteiger partial charge in [-0.15, -0.1) is 5.10 Å². The smallest absolute Gasteiger partial charge is 0.274 e. The molecule has 0 aliphatic rings. The summed E-state index contributed by atoms with van der Waals surface area (Å²) in [7, 11) is -2.07. The fourth-order valence-electron chi connectivity index (χ4n) is 2.25. The van der Waals surface area contributed by atoms with Crippen molar-refractivity contribution >= 4 is 27.2 Å². The van der Waals surface area contributed by atoms with Gasteiger partial charge < -0.3 is 0 Å². The van der Waals surface area contributed by atoms with Crippen molar-refractivity contribution in [1.29, 1.82) is 0 Å². The Morgan fingerprint density at radius 3 is 2.61 bits per heavy atom. The standard InChI is InChI=1S/C14H15N5O2S2/c1-3-19(12-9-15-18(2)10-12)23(20,21)14-13(22-17-16-14)11-7-5-4-6-8-11/h4-10H,3H2,1-2H3. The fraction of sp³-hybridized carbons (Fsp3) is 0.214. The maximum atomic E-state index is 13.0. The molecule has 0 bridgehead atoms. The molecule has 0 unspecified atom stereocenters. The number of rotatable bonds is 5. The molecule has 0 fully saturated rings. The van der Waals surface area contributed by atoms with E-state index >= 15 is 0 Å². The predicted molar refractivity (Wildman–Crippen MR) is 88.8 cm³/mol. The van der Waals surface area contributed by atoms with Crippen LogP contribution in [0.4, 0.5) is 5.69 Å². The van der Waals surface area contributed by atoms with Gasteiger partial charge in [-0.2, -0.15) is 13.5 Å². The van der Waals surface area contributed by atoms with Crippen LogP contribution in [0.2, 0.25) is 0 Å². The van der Waals surface area contributed by atoms with Crippen molar-refractivity contribution in [1.82, 2.24) is 19.4 Å². The Morgan fingerprint density at radius 2 is 2.00 bits per heavy atom. The highest BCUT2D eigenvalue weighted by atomic mass is 32.2. The molecule has 3 rings (SSSR count). The van der Waals surface area contributed by atoms with Crippen LogP contribution in [0.25, 0.3) is 10.4 Å². The second kappa shape index (κ2) is 6.09. The van der Waals surface area contributed by atoms with Crippen LogP contribution in [0.15, 0.2) is 47.8 Å². The Bertz CT molecular complexity index is 902. The first-order valence-electron chi connectivity index (χ1n) is 6.93. The Labute approximate surface area is 138 Å². The topological polar surface area (TPSA) is 81.0 Å². The minimum Gasteiger partial charge on any atom is -0.274 e. The van der Waals surface area contributed by atoms with Crippen LogP contribution in [0.1, 0.15) is 6.92 Å². The molecule has 1 aromatic carbocycles. The maximum Gasteiger partial charge on any atom is 0.285 e. The number of hydrogen-bond donors (Lipinski definition) is 0. The number of nitrogens with zero attached hydrogens (tertiary/aromatic N) is 5. The zero-order valence-electron chi connectivity index (χ0n) is 12.6. The Hall–Kier alpha value is -2.26. The van der Waals surface area contributed by atoms with Gasteiger partial charge in [0, 0.05) is 19.8 Å². The predicted octanol–water partition coefficient (Wildman–Crippen LogP) is 2.15.